The van der Waals surface area contributed by atoms with E-state index in [-0.39, 0.29) is 0 Å². The minimum Gasteiger partial charge on any atom is -0.0654 e. The number of rotatable bonds is 18. The van der Waals surface area contributed by atoms with Crippen LogP contribution >= 0.6 is 0 Å². The molecule has 0 radical (unpaired) electrons. The Balaban J connectivity index is 3.30. The van der Waals surface area contributed by atoms with Crippen molar-refractivity contribution in [2.45, 2.75) is 138 Å². The number of unbranched alkanes of at least 4 members (excludes halogenated alkanes) is 10. The average Bonchev–Trinajstić information content (AvgIpc) is 2.59. The van der Waals surface area contributed by atoms with Crippen LogP contribution in [0.3, 0.4) is 0 Å². The largest absolute Gasteiger partial charge is 0.0654 e. The van der Waals surface area contributed by atoms with Crippen molar-refractivity contribution in [1.82, 2.24) is 0 Å². The van der Waals surface area contributed by atoms with E-state index in [1.807, 2.05) is 0 Å². The summed E-state index contributed by atoms with van der Waals surface area (Å²) in [6, 6.07) is 0. The highest BCUT2D eigenvalue weighted by Gasteiger charge is 2.11. The van der Waals surface area contributed by atoms with E-state index in [9.17, 15) is 0 Å². The van der Waals surface area contributed by atoms with Crippen molar-refractivity contribution in [2.75, 3.05) is 0 Å². The van der Waals surface area contributed by atoms with Gasteiger partial charge in [-0.2, -0.15) is 0 Å². The van der Waals surface area contributed by atoms with Crippen LogP contribution in [0.25, 0.3) is 0 Å². The summed E-state index contributed by atoms with van der Waals surface area (Å²) in [4.78, 5) is 0. The zero-order valence-corrected chi connectivity index (χ0v) is 18.9. The SMILES string of the molecule is CCCCCC(C)C(C)CCCCCCCCCCCC(C)C(C)C. The molecule has 0 heterocycles. The predicted molar refractivity (Wildman–Crippen MR) is 117 cm³/mol. The van der Waals surface area contributed by atoms with Crippen LogP contribution in [0.4, 0.5) is 0 Å². The highest BCUT2D eigenvalue weighted by atomic mass is 14.2. The van der Waals surface area contributed by atoms with Gasteiger partial charge in [-0.3, -0.25) is 0 Å². The van der Waals surface area contributed by atoms with Gasteiger partial charge in [-0.15, -0.1) is 0 Å². The summed E-state index contributed by atoms with van der Waals surface area (Å²) in [5.41, 5.74) is 0. The fourth-order valence-electron chi connectivity index (χ4n) is 3.79. The highest BCUT2D eigenvalue weighted by molar-refractivity contribution is 4.63. The normalized spacial score (nSPS) is 15.5. The van der Waals surface area contributed by atoms with E-state index in [1.165, 1.54) is 96.3 Å². The van der Waals surface area contributed by atoms with E-state index >= 15 is 0 Å². The Morgan fingerprint density at radius 2 is 0.720 bits per heavy atom. The van der Waals surface area contributed by atoms with Crippen LogP contribution in [0.2, 0.25) is 0 Å². The second kappa shape index (κ2) is 17.4. The first kappa shape index (κ1) is 25.0. The third kappa shape index (κ3) is 15.9. The smallest absolute Gasteiger partial charge is 0.0417 e. The lowest BCUT2D eigenvalue weighted by molar-refractivity contribution is 0.323. The maximum Gasteiger partial charge on any atom is -0.0417 e. The molecule has 0 fully saturated rings. The minimum atomic E-state index is 0.863. The second-order valence-electron chi connectivity index (χ2n) is 9.43. The summed E-state index contributed by atoms with van der Waals surface area (Å²) in [6.45, 7) is 14.4. The maximum atomic E-state index is 2.48. The van der Waals surface area contributed by atoms with Crippen LogP contribution in [-0.4, -0.2) is 0 Å². The van der Waals surface area contributed by atoms with Crippen molar-refractivity contribution >= 4 is 0 Å². The Labute approximate surface area is 161 Å². The van der Waals surface area contributed by atoms with Gasteiger partial charge in [-0.05, 0) is 23.7 Å². The minimum absolute atomic E-state index is 0.863. The molecule has 0 aliphatic carbocycles. The number of hydrogen-bond donors (Lipinski definition) is 0. The first-order valence-electron chi connectivity index (χ1n) is 12.0. The lowest BCUT2D eigenvalue weighted by Crippen LogP contribution is -2.08. The Kier molecular flexibility index (Phi) is 17.4. The van der Waals surface area contributed by atoms with Gasteiger partial charge in [0.2, 0.25) is 0 Å². The average molecular weight is 353 g/mol. The summed E-state index contributed by atoms with van der Waals surface area (Å²) in [5, 5.41) is 0. The molecule has 3 unspecified atom stereocenters. The van der Waals surface area contributed by atoms with Gasteiger partial charge in [0.15, 0.2) is 0 Å². The van der Waals surface area contributed by atoms with Crippen LogP contribution in [0.5, 0.6) is 0 Å². The van der Waals surface area contributed by atoms with E-state index in [0.29, 0.717) is 0 Å². The topological polar surface area (TPSA) is 0 Å². The Morgan fingerprint density at radius 1 is 0.400 bits per heavy atom. The first-order valence-corrected chi connectivity index (χ1v) is 12.0. The second-order valence-corrected chi connectivity index (χ2v) is 9.43. The fraction of sp³-hybridized carbons (Fsp3) is 1.00. The van der Waals surface area contributed by atoms with Gasteiger partial charge in [-0.1, -0.05) is 138 Å². The third-order valence-electron chi connectivity index (χ3n) is 6.69. The Hall–Kier alpha value is 0. The quantitative estimate of drug-likeness (QED) is 0.215. The molecule has 0 aromatic heterocycles. The maximum absolute atomic E-state index is 2.48. The monoisotopic (exact) mass is 352 g/mol. The summed E-state index contributed by atoms with van der Waals surface area (Å²) in [7, 11) is 0. The standard InChI is InChI=1S/C25H52/c1-7-8-16-20-24(5)25(6)21-18-15-13-11-9-10-12-14-17-19-23(4)22(2)3/h22-25H,7-21H2,1-6H3. The Morgan fingerprint density at radius 3 is 1.08 bits per heavy atom. The van der Waals surface area contributed by atoms with Crippen molar-refractivity contribution in [3.63, 3.8) is 0 Å². The van der Waals surface area contributed by atoms with E-state index in [0.717, 1.165) is 23.7 Å². The van der Waals surface area contributed by atoms with E-state index < -0.39 is 0 Å². The summed E-state index contributed by atoms with van der Waals surface area (Å²) in [6.07, 6.45) is 21.8. The van der Waals surface area contributed by atoms with Crippen LogP contribution in [0.1, 0.15) is 138 Å². The molecule has 0 saturated heterocycles. The van der Waals surface area contributed by atoms with Gasteiger partial charge in [-0.25, -0.2) is 0 Å². The lowest BCUT2D eigenvalue weighted by Gasteiger charge is -2.19. The van der Waals surface area contributed by atoms with Gasteiger partial charge in [0, 0.05) is 0 Å². The summed E-state index contributed by atoms with van der Waals surface area (Å²) in [5.74, 6) is 3.65. The Bertz CT molecular complexity index is 255. The molecule has 0 rings (SSSR count). The van der Waals surface area contributed by atoms with Crippen LogP contribution in [0, 0.1) is 23.7 Å². The third-order valence-corrected chi connectivity index (χ3v) is 6.69. The predicted octanol–water partition coefficient (Wildman–Crippen LogP) is 9.42. The summed E-state index contributed by atoms with van der Waals surface area (Å²) >= 11 is 0. The lowest BCUT2D eigenvalue weighted by atomic mass is 9.87. The highest BCUT2D eigenvalue weighted by Crippen LogP contribution is 2.24. The van der Waals surface area contributed by atoms with Gasteiger partial charge in [0.05, 0.1) is 0 Å². The molecule has 0 saturated carbocycles. The molecule has 0 nitrogen and oxygen atoms in total. The number of hydrogen-bond acceptors (Lipinski definition) is 0. The first-order chi connectivity index (χ1) is 12.0. The molecule has 0 aliphatic rings. The molecule has 0 spiro atoms. The van der Waals surface area contributed by atoms with Crippen molar-refractivity contribution < 1.29 is 0 Å². The van der Waals surface area contributed by atoms with Crippen LogP contribution in [-0.2, 0) is 0 Å². The fourth-order valence-corrected chi connectivity index (χ4v) is 3.79. The van der Waals surface area contributed by atoms with Gasteiger partial charge in [0.25, 0.3) is 0 Å². The van der Waals surface area contributed by atoms with E-state index in [2.05, 4.69) is 41.5 Å². The van der Waals surface area contributed by atoms with E-state index in [1.54, 1.807) is 0 Å². The van der Waals surface area contributed by atoms with Crippen molar-refractivity contribution in [2.24, 2.45) is 23.7 Å². The molecular formula is C25H52. The van der Waals surface area contributed by atoms with Crippen molar-refractivity contribution in [3.05, 3.63) is 0 Å². The van der Waals surface area contributed by atoms with Crippen LogP contribution in [0.15, 0.2) is 0 Å². The molecule has 0 amide bonds. The van der Waals surface area contributed by atoms with Crippen molar-refractivity contribution in [3.8, 4) is 0 Å². The molecule has 0 aromatic rings. The molecule has 152 valence electrons. The molecule has 0 bridgehead atoms. The van der Waals surface area contributed by atoms with Gasteiger partial charge in [0.1, 0.15) is 0 Å². The molecule has 0 N–H and O–H groups in total. The zero-order chi connectivity index (χ0) is 18.9. The van der Waals surface area contributed by atoms with Gasteiger partial charge < -0.3 is 0 Å². The molecule has 3 atom stereocenters. The molecule has 0 aromatic carbocycles. The summed E-state index contributed by atoms with van der Waals surface area (Å²) < 4.78 is 0. The molecule has 0 aliphatic heterocycles. The molecule has 25 heavy (non-hydrogen) atoms. The van der Waals surface area contributed by atoms with Gasteiger partial charge >= 0.3 is 0 Å². The van der Waals surface area contributed by atoms with Crippen LogP contribution < -0.4 is 0 Å². The van der Waals surface area contributed by atoms with E-state index in [4.69, 9.17) is 0 Å². The zero-order valence-electron chi connectivity index (χ0n) is 18.9. The van der Waals surface area contributed by atoms with Crippen molar-refractivity contribution in [1.29, 1.82) is 0 Å². The molecular weight excluding hydrogens is 300 g/mol. The molecule has 0 heteroatoms.